The Bertz CT molecular complexity index is 491. The standard InChI is InChI=1S/C16H23NO4/c1-3-5-9-17(10-6-4-2)14-11-12(15(18)19)7-8-13(14)16(20)21/h7-8,11H,3-6,9-10H2,1-2H3,(H,18,19)(H,20,21). The van der Waals surface area contributed by atoms with E-state index in [1.165, 1.54) is 18.2 Å². The Balaban J connectivity index is 3.19. The molecule has 5 heteroatoms. The first-order valence-electron chi connectivity index (χ1n) is 7.36. The highest BCUT2D eigenvalue weighted by Crippen LogP contribution is 2.24. The second-order valence-corrected chi connectivity index (χ2v) is 5.04. The van der Waals surface area contributed by atoms with E-state index in [-0.39, 0.29) is 11.1 Å². The van der Waals surface area contributed by atoms with Crippen molar-refractivity contribution in [2.45, 2.75) is 39.5 Å². The molecule has 0 atom stereocenters. The monoisotopic (exact) mass is 293 g/mol. The summed E-state index contributed by atoms with van der Waals surface area (Å²) in [5.41, 5.74) is 0.782. The van der Waals surface area contributed by atoms with Gasteiger partial charge < -0.3 is 15.1 Å². The van der Waals surface area contributed by atoms with Crippen LogP contribution >= 0.6 is 0 Å². The molecule has 0 radical (unpaired) electrons. The van der Waals surface area contributed by atoms with Gasteiger partial charge in [0.1, 0.15) is 0 Å². The fraction of sp³-hybridized carbons (Fsp3) is 0.500. The predicted octanol–water partition coefficient (Wildman–Crippen LogP) is 3.49. The number of carboxylic acids is 2. The van der Waals surface area contributed by atoms with Crippen LogP contribution in [0.3, 0.4) is 0 Å². The van der Waals surface area contributed by atoms with E-state index in [1.54, 1.807) is 0 Å². The zero-order chi connectivity index (χ0) is 15.8. The second kappa shape index (κ2) is 8.29. The Labute approximate surface area is 125 Å². The van der Waals surface area contributed by atoms with Gasteiger partial charge in [0.25, 0.3) is 0 Å². The lowest BCUT2D eigenvalue weighted by Crippen LogP contribution is -2.27. The van der Waals surface area contributed by atoms with Gasteiger partial charge in [0.2, 0.25) is 0 Å². The zero-order valence-corrected chi connectivity index (χ0v) is 12.6. The van der Waals surface area contributed by atoms with Gasteiger partial charge in [0.15, 0.2) is 0 Å². The van der Waals surface area contributed by atoms with Crippen LogP contribution in [0.4, 0.5) is 5.69 Å². The van der Waals surface area contributed by atoms with Gasteiger partial charge in [-0.15, -0.1) is 0 Å². The van der Waals surface area contributed by atoms with Crippen molar-refractivity contribution in [1.29, 1.82) is 0 Å². The molecule has 0 amide bonds. The maximum Gasteiger partial charge on any atom is 0.337 e. The van der Waals surface area contributed by atoms with Crippen LogP contribution in [0.5, 0.6) is 0 Å². The highest BCUT2D eigenvalue weighted by molar-refractivity contribution is 5.97. The number of hydrogen-bond acceptors (Lipinski definition) is 3. The third-order valence-electron chi connectivity index (χ3n) is 3.38. The molecule has 1 rings (SSSR count). The number of unbranched alkanes of at least 4 members (excludes halogenated alkanes) is 2. The van der Waals surface area contributed by atoms with Crippen LogP contribution < -0.4 is 4.90 Å². The van der Waals surface area contributed by atoms with Crippen molar-refractivity contribution >= 4 is 17.6 Å². The fourth-order valence-electron chi connectivity index (χ4n) is 2.16. The first-order chi connectivity index (χ1) is 10.0. The van der Waals surface area contributed by atoms with E-state index in [0.717, 1.165) is 38.8 Å². The maximum atomic E-state index is 11.4. The minimum atomic E-state index is -1.04. The van der Waals surface area contributed by atoms with Crippen LogP contribution in [0.15, 0.2) is 18.2 Å². The summed E-state index contributed by atoms with van der Waals surface area (Å²) in [4.78, 5) is 24.5. The van der Waals surface area contributed by atoms with Crippen molar-refractivity contribution < 1.29 is 19.8 Å². The molecule has 0 fully saturated rings. The molecule has 1 aromatic carbocycles. The van der Waals surface area contributed by atoms with Crippen LogP contribution in [0.2, 0.25) is 0 Å². The molecule has 0 heterocycles. The number of nitrogens with zero attached hydrogens (tertiary/aromatic N) is 1. The van der Waals surface area contributed by atoms with E-state index < -0.39 is 11.9 Å². The summed E-state index contributed by atoms with van der Waals surface area (Å²) in [6, 6.07) is 4.19. The van der Waals surface area contributed by atoms with Gasteiger partial charge in [-0.05, 0) is 31.0 Å². The van der Waals surface area contributed by atoms with Gasteiger partial charge in [-0.25, -0.2) is 9.59 Å². The lowest BCUT2D eigenvalue weighted by atomic mass is 10.1. The molecule has 5 nitrogen and oxygen atoms in total. The highest BCUT2D eigenvalue weighted by atomic mass is 16.4. The molecular weight excluding hydrogens is 270 g/mol. The molecule has 0 aromatic heterocycles. The van der Waals surface area contributed by atoms with Gasteiger partial charge in [-0.1, -0.05) is 26.7 Å². The smallest absolute Gasteiger partial charge is 0.337 e. The van der Waals surface area contributed by atoms with Crippen molar-refractivity contribution in [3.8, 4) is 0 Å². The van der Waals surface area contributed by atoms with E-state index in [9.17, 15) is 14.7 Å². The molecule has 0 saturated heterocycles. The number of carbonyl (C=O) groups is 2. The molecule has 0 aliphatic heterocycles. The minimum Gasteiger partial charge on any atom is -0.478 e. The Morgan fingerprint density at radius 3 is 2.00 bits per heavy atom. The highest BCUT2D eigenvalue weighted by Gasteiger charge is 2.18. The molecule has 0 unspecified atom stereocenters. The molecule has 0 saturated carbocycles. The molecule has 21 heavy (non-hydrogen) atoms. The first-order valence-corrected chi connectivity index (χ1v) is 7.36. The summed E-state index contributed by atoms with van der Waals surface area (Å²) in [5, 5.41) is 18.4. The largest absolute Gasteiger partial charge is 0.478 e. The quantitative estimate of drug-likeness (QED) is 0.728. The Morgan fingerprint density at radius 2 is 1.57 bits per heavy atom. The fourth-order valence-corrected chi connectivity index (χ4v) is 2.16. The van der Waals surface area contributed by atoms with Crippen molar-refractivity contribution in [3.05, 3.63) is 29.3 Å². The van der Waals surface area contributed by atoms with E-state index in [2.05, 4.69) is 13.8 Å². The predicted molar refractivity (Wildman–Crippen MR) is 82.4 cm³/mol. The Hall–Kier alpha value is -2.04. The molecule has 2 N–H and O–H groups in total. The van der Waals surface area contributed by atoms with E-state index in [4.69, 9.17) is 5.11 Å². The summed E-state index contributed by atoms with van der Waals surface area (Å²) in [6.45, 7) is 5.62. The molecule has 0 aliphatic carbocycles. The second-order valence-electron chi connectivity index (χ2n) is 5.04. The van der Waals surface area contributed by atoms with Crippen molar-refractivity contribution in [1.82, 2.24) is 0 Å². The van der Waals surface area contributed by atoms with Crippen molar-refractivity contribution in [2.24, 2.45) is 0 Å². The topological polar surface area (TPSA) is 77.8 Å². The lowest BCUT2D eigenvalue weighted by molar-refractivity contribution is 0.0681. The van der Waals surface area contributed by atoms with Gasteiger partial charge in [0.05, 0.1) is 16.8 Å². The van der Waals surface area contributed by atoms with Crippen LogP contribution in [0, 0.1) is 0 Å². The van der Waals surface area contributed by atoms with Crippen molar-refractivity contribution in [3.63, 3.8) is 0 Å². The number of hydrogen-bond donors (Lipinski definition) is 2. The number of carboxylic acid groups (broad SMARTS) is 2. The molecule has 0 aliphatic rings. The lowest BCUT2D eigenvalue weighted by Gasteiger charge is -2.26. The van der Waals surface area contributed by atoms with Gasteiger partial charge >= 0.3 is 11.9 Å². The summed E-state index contributed by atoms with van der Waals surface area (Å²) in [7, 11) is 0. The van der Waals surface area contributed by atoms with Gasteiger partial charge in [-0.3, -0.25) is 0 Å². The molecule has 0 bridgehead atoms. The van der Waals surface area contributed by atoms with Gasteiger partial charge in [0, 0.05) is 13.1 Å². The molecule has 0 spiro atoms. The number of aromatic carboxylic acids is 2. The van der Waals surface area contributed by atoms with E-state index in [1.807, 2.05) is 4.90 Å². The molecular formula is C16H23NO4. The summed E-state index contributed by atoms with van der Waals surface area (Å²) in [5.74, 6) is -2.07. The minimum absolute atomic E-state index is 0.119. The van der Waals surface area contributed by atoms with Crippen LogP contribution in [0.25, 0.3) is 0 Å². The third kappa shape index (κ3) is 4.77. The zero-order valence-electron chi connectivity index (χ0n) is 12.6. The van der Waals surface area contributed by atoms with Crippen LogP contribution in [-0.4, -0.2) is 35.2 Å². The first kappa shape index (κ1) is 17.0. The molecule has 1 aromatic rings. The van der Waals surface area contributed by atoms with Gasteiger partial charge in [-0.2, -0.15) is 0 Å². The maximum absolute atomic E-state index is 11.4. The summed E-state index contributed by atoms with van der Waals surface area (Å²) in [6.07, 6.45) is 3.90. The van der Waals surface area contributed by atoms with E-state index in [0.29, 0.717) is 5.69 Å². The van der Waals surface area contributed by atoms with Crippen molar-refractivity contribution in [2.75, 3.05) is 18.0 Å². The number of benzene rings is 1. The summed E-state index contributed by atoms with van der Waals surface area (Å²) < 4.78 is 0. The van der Waals surface area contributed by atoms with E-state index >= 15 is 0 Å². The average Bonchev–Trinajstić information content (AvgIpc) is 2.46. The van der Waals surface area contributed by atoms with Crippen LogP contribution in [0.1, 0.15) is 60.2 Å². The Kier molecular flexibility index (Phi) is 6.72. The average molecular weight is 293 g/mol. The molecule has 116 valence electrons. The third-order valence-corrected chi connectivity index (χ3v) is 3.38. The Morgan fingerprint density at radius 1 is 1.00 bits per heavy atom. The normalized spacial score (nSPS) is 10.4. The number of rotatable bonds is 9. The SMILES string of the molecule is CCCCN(CCCC)c1cc(C(=O)O)ccc1C(=O)O. The van der Waals surface area contributed by atoms with Crippen LogP contribution in [-0.2, 0) is 0 Å². The number of anilines is 1. The summed E-state index contributed by atoms with van der Waals surface area (Å²) >= 11 is 0.